The summed E-state index contributed by atoms with van der Waals surface area (Å²) in [6.45, 7) is 6.81. The van der Waals surface area contributed by atoms with Crippen LogP contribution in [0, 0.1) is 5.92 Å². The van der Waals surface area contributed by atoms with Crippen LogP contribution in [0.2, 0.25) is 0 Å². The Balaban J connectivity index is 1.57. The van der Waals surface area contributed by atoms with Crippen LogP contribution in [0.5, 0.6) is 0 Å². The highest BCUT2D eigenvalue weighted by molar-refractivity contribution is 7.13. The number of aromatic amines is 1. The Morgan fingerprint density at radius 3 is 2.83 bits per heavy atom. The molecule has 0 spiro atoms. The van der Waals surface area contributed by atoms with E-state index in [4.69, 9.17) is 0 Å². The molecule has 2 aromatic heterocycles. The predicted octanol–water partition coefficient (Wildman–Crippen LogP) is 3.16. The van der Waals surface area contributed by atoms with Gasteiger partial charge in [-0.15, -0.1) is 11.3 Å². The molecule has 0 saturated carbocycles. The van der Waals surface area contributed by atoms with Gasteiger partial charge in [-0.2, -0.15) is 0 Å². The molecule has 1 aliphatic rings. The van der Waals surface area contributed by atoms with Crippen molar-refractivity contribution in [2.24, 2.45) is 5.92 Å². The van der Waals surface area contributed by atoms with E-state index in [1.807, 2.05) is 5.38 Å². The van der Waals surface area contributed by atoms with E-state index in [1.54, 1.807) is 12.3 Å². The number of hydrogen-bond donors (Lipinski definition) is 2. The van der Waals surface area contributed by atoms with Crippen LogP contribution in [0.3, 0.4) is 0 Å². The van der Waals surface area contributed by atoms with E-state index in [2.05, 4.69) is 27.1 Å². The van der Waals surface area contributed by atoms with Gasteiger partial charge in [0, 0.05) is 23.7 Å². The topological polar surface area (TPSA) is 78.1 Å². The number of nitrogens with zero attached hydrogens (tertiary/aromatic N) is 2. The number of hydrogen-bond acceptors (Lipinski definition) is 5. The number of piperidine rings is 1. The number of likely N-dealkylation sites (tertiary alicyclic amines) is 1. The summed E-state index contributed by atoms with van der Waals surface area (Å²) >= 11 is 1.42. The van der Waals surface area contributed by atoms with Gasteiger partial charge in [-0.1, -0.05) is 6.92 Å². The van der Waals surface area contributed by atoms with Crippen LogP contribution >= 0.6 is 11.3 Å². The zero-order chi connectivity index (χ0) is 17.1. The van der Waals surface area contributed by atoms with Crippen molar-refractivity contribution >= 4 is 28.2 Å². The number of anilines is 1. The van der Waals surface area contributed by atoms with Crippen LogP contribution in [-0.4, -0.2) is 39.6 Å². The monoisotopic (exact) mass is 346 g/mol. The zero-order valence-corrected chi connectivity index (χ0v) is 14.8. The van der Waals surface area contributed by atoms with Crippen molar-refractivity contribution in [2.75, 3.05) is 18.4 Å². The maximum absolute atomic E-state index is 12.2. The zero-order valence-electron chi connectivity index (χ0n) is 14.0. The van der Waals surface area contributed by atoms with Gasteiger partial charge < -0.3 is 4.98 Å². The van der Waals surface area contributed by atoms with Crippen molar-refractivity contribution in [3.8, 4) is 0 Å². The fraction of sp³-hybridized carbons (Fsp3) is 0.471. The molecule has 0 radical (unpaired) electrons. The Morgan fingerprint density at radius 1 is 1.42 bits per heavy atom. The van der Waals surface area contributed by atoms with Crippen LogP contribution in [0.4, 0.5) is 5.13 Å². The van der Waals surface area contributed by atoms with Crippen molar-refractivity contribution in [1.82, 2.24) is 14.9 Å². The van der Waals surface area contributed by atoms with Gasteiger partial charge in [0.05, 0.1) is 5.69 Å². The minimum Gasteiger partial charge on any atom is -0.356 e. The number of H-pyrrole nitrogens is 1. The number of rotatable bonds is 5. The average molecular weight is 346 g/mol. The third-order valence-electron chi connectivity index (χ3n) is 4.37. The van der Waals surface area contributed by atoms with Crippen LogP contribution in [0.15, 0.2) is 17.6 Å². The second kappa shape index (κ2) is 7.27. The van der Waals surface area contributed by atoms with E-state index < -0.39 is 0 Å². The number of carbonyl (C=O) groups is 2. The summed E-state index contributed by atoms with van der Waals surface area (Å²) in [5.74, 6) is 0.458. The van der Waals surface area contributed by atoms with Crippen LogP contribution < -0.4 is 5.32 Å². The van der Waals surface area contributed by atoms with Gasteiger partial charge in [0.25, 0.3) is 5.91 Å². The molecule has 24 heavy (non-hydrogen) atoms. The van der Waals surface area contributed by atoms with Gasteiger partial charge >= 0.3 is 0 Å². The molecule has 3 rings (SSSR count). The molecule has 1 amide bonds. The minimum absolute atomic E-state index is 0.0716. The van der Waals surface area contributed by atoms with Crippen molar-refractivity contribution in [3.05, 3.63) is 34.6 Å². The van der Waals surface area contributed by atoms with Crippen molar-refractivity contribution in [2.45, 2.75) is 33.2 Å². The summed E-state index contributed by atoms with van der Waals surface area (Å²) in [5, 5.41) is 5.35. The first-order valence-corrected chi connectivity index (χ1v) is 9.06. The molecule has 1 saturated heterocycles. The second-order valence-electron chi connectivity index (χ2n) is 6.42. The van der Waals surface area contributed by atoms with E-state index in [0.717, 1.165) is 31.2 Å². The number of thiazole rings is 1. The van der Waals surface area contributed by atoms with Crippen LogP contribution in [0.1, 0.15) is 53.2 Å². The lowest BCUT2D eigenvalue weighted by Gasteiger charge is -2.29. The summed E-state index contributed by atoms with van der Waals surface area (Å²) in [6.07, 6.45) is 4.01. The van der Waals surface area contributed by atoms with E-state index >= 15 is 0 Å². The summed E-state index contributed by atoms with van der Waals surface area (Å²) in [6, 6.07) is 1.56. The lowest BCUT2D eigenvalue weighted by molar-refractivity contribution is 0.101. The molecule has 6 nitrogen and oxygen atoms in total. The maximum Gasteiger partial charge on any atom is 0.273 e. The van der Waals surface area contributed by atoms with Crippen molar-refractivity contribution in [1.29, 1.82) is 0 Å². The first-order valence-electron chi connectivity index (χ1n) is 8.18. The number of aromatic nitrogens is 2. The Bertz CT molecular complexity index is 729. The molecule has 128 valence electrons. The third-order valence-corrected chi connectivity index (χ3v) is 5.17. The standard InChI is InChI=1S/C17H22N4O2S/c1-11-3-5-21(6-4-11)9-14-10-24-17(19-14)20-16(23)15-7-13(8-18-15)12(2)22/h7-8,10-11,18H,3-6,9H2,1-2H3,(H,19,20,23). The van der Waals surface area contributed by atoms with Crippen LogP contribution in [0.25, 0.3) is 0 Å². The first-order chi connectivity index (χ1) is 11.5. The highest BCUT2D eigenvalue weighted by Crippen LogP contribution is 2.21. The fourth-order valence-corrected chi connectivity index (χ4v) is 3.48. The summed E-state index contributed by atoms with van der Waals surface area (Å²) in [7, 11) is 0. The Kier molecular flexibility index (Phi) is 5.11. The molecule has 0 aromatic carbocycles. The van der Waals surface area contributed by atoms with Crippen molar-refractivity contribution < 1.29 is 9.59 Å². The van der Waals surface area contributed by atoms with Gasteiger partial charge in [0.2, 0.25) is 0 Å². The van der Waals surface area contributed by atoms with E-state index in [1.165, 1.54) is 31.1 Å². The molecule has 2 N–H and O–H groups in total. The molecule has 0 bridgehead atoms. The molecule has 1 fully saturated rings. The smallest absolute Gasteiger partial charge is 0.273 e. The lowest BCUT2D eigenvalue weighted by atomic mass is 9.99. The second-order valence-corrected chi connectivity index (χ2v) is 7.27. The summed E-state index contributed by atoms with van der Waals surface area (Å²) < 4.78 is 0. The molecule has 0 aliphatic carbocycles. The van der Waals surface area contributed by atoms with Gasteiger partial charge in [-0.05, 0) is 44.8 Å². The van der Waals surface area contributed by atoms with E-state index in [0.29, 0.717) is 16.4 Å². The van der Waals surface area contributed by atoms with E-state index in [9.17, 15) is 9.59 Å². The van der Waals surface area contributed by atoms with Crippen molar-refractivity contribution in [3.63, 3.8) is 0 Å². The lowest BCUT2D eigenvalue weighted by Crippen LogP contribution is -2.32. The largest absolute Gasteiger partial charge is 0.356 e. The van der Waals surface area contributed by atoms with Gasteiger partial charge in [0.1, 0.15) is 5.69 Å². The molecular weight excluding hydrogens is 324 g/mol. The molecule has 3 heterocycles. The van der Waals surface area contributed by atoms with Gasteiger partial charge in [-0.3, -0.25) is 19.8 Å². The number of amides is 1. The fourth-order valence-electron chi connectivity index (χ4n) is 2.78. The highest BCUT2D eigenvalue weighted by Gasteiger charge is 2.17. The average Bonchev–Trinajstić information content (AvgIpc) is 3.19. The molecule has 1 aliphatic heterocycles. The normalized spacial score (nSPS) is 16.2. The summed E-state index contributed by atoms with van der Waals surface area (Å²) in [4.78, 5) is 33.2. The SMILES string of the molecule is CC(=O)c1c[nH]c(C(=O)Nc2nc(CN3CCC(C)CC3)cs2)c1. The number of Topliss-reactive ketones (excluding diaryl/α,β-unsaturated/α-hetero) is 1. The van der Waals surface area contributed by atoms with Gasteiger partial charge in [0.15, 0.2) is 10.9 Å². The molecule has 0 atom stereocenters. The first kappa shape index (κ1) is 16.9. The Labute approximate surface area is 145 Å². The molecule has 7 heteroatoms. The molecule has 0 unspecified atom stereocenters. The quantitative estimate of drug-likeness (QED) is 0.815. The molecule has 2 aromatic rings. The number of nitrogens with one attached hydrogen (secondary N) is 2. The third kappa shape index (κ3) is 4.10. The number of carbonyl (C=O) groups excluding carboxylic acids is 2. The predicted molar refractivity (Wildman–Crippen MR) is 94.5 cm³/mol. The van der Waals surface area contributed by atoms with Crippen LogP contribution in [-0.2, 0) is 6.54 Å². The number of ketones is 1. The minimum atomic E-state index is -0.282. The molecular formula is C17H22N4O2S. The Hall–Kier alpha value is -1.99. The highest BCUT2D eigenvalue weighted by atomic mass is 32.1. The maximum atomic E-state index is 12.2. The van der Waals surface area contributed by atoms with E-state index in [-0.39, 0.29) is 11.7 Å². The summed E-state index contributed by atoms with van der Waals surface area (Å²) in [5.41, 5.74) is 1.85. The Morgan fingerprint density at radius 2 is 2.17 bits per heavy atom. The van der Waals surface area contributed by atoms with Gasteiger partial charge in [-0.25, -0.2) is 4.98 Å².